The van der Waals surface area contributed by atoms with Crippen molar-refractivity contribution in [3.8, 4) is 5.88 Å². The third kappa shape index (κ3) is 3.38. The Morgan fingerprint density at radius 3 is 2.70 bits per heavy atom. The van der Waals surface area contributed by atoms with Gasteiger partial charge in [0.25, 0.3) is 5.88 Å². The molecule has 4 N–H and O–H groups in total. The molecule has 1 aliphatic carbocycles. The van der Waals surface area contributed by atoms with Gasteiger partial charge in [0.15, 0.2) is 5.69 Å². The smallest absolute Gasteiger partial charge is 0.260 e. The van der Waals surface area contributed by atoms with E-state index < -0.39 is 0 Å². The zero-order valence-corrected chi connectivity index (χ0v) is 16.8. The lowest BCUT2D eigenvalue weighted by atomic mass is 9.95. The summed E-state index contributed by atoms with van der Waals surface area (Å²) in [7, 11) is 0. The summed E-state index contributed by atoms with van der Waals surface area (Å²) in [4.78, 5) is 7.98. The first kappa shape index (κ1) is 19.9. The fourth-order valence-corrected chi connectivity index (χ4v) is 3.40. The lowest BCUT2D eigenvalue weighted by Crippen LogP contribution is -2.20. The number of ether oxygens (including phenoxy) is 2. The van der Waals surface area contributed by atoms with Crippen molar-refractivity contribution in [2.45, 2.75) is 13.8 Å². The first-order valence-electron chi connectivity index (χ1n) is 9.59. The van der Waals surface area contributed by atoms with E-state index in [0.29, 0.717) is 28.4 Å². The Hall–Kier alpha value is -3.43. The SMILES string of the molecule is Cc1[nH]c2c(c1C)C(=N)C(=Nc1c(OCCO)nn3ccccc13)C=C2OCCO. The number of hydrogen-bond donors (Lipinski definition) is 4. The van der Waals surface area contributed by atoms with E-state index in [1.807, 2.05) is 32.0 Å². The number of hydrogen-bond acceptors (Lipinski definition) is 7. The molecule has 0 saturated carbocycles. The largest absolute Gasteiger partial charge is 0.489 e. The molecule has 9 nitrogen and oxygen atoms in total. The van der Waals surface area contributed by atoms with E-state index in [1.165, 1.54) is 0 Å². The van der Waals surface area contributed by atoms with Gasteiger partial charge in [0.05, 0.1) is 35.8 Å². The van der Waals surface area contributed by atoms with Crippen LogP contribution in [-0.2, 0) is 4.74 Å². The molecule has 30 heavy (non-hydrogen) atoms. The van der Waals surface area contributed by atoms with Gasteiger partial charge in [-0.1, -0.05) is 6.07 Å². The molecular formula is C21H23N5O4. The lowest BCUT2D eigenvalue weighted by Gasteiger charge is -2.17. The minimum atomic E-state index is -0.149. The summed E-state index contributed by atoms with van der Waals surface area (Å²) in [6.45, 7) is 3.82. The van der Waals surface area contributed by atoms with Gasteiger partial charge in [-0.2, -0.15) is 0 Å². The number of rotatable bonds is 7. The van der Waals surface area contributed by atoms with Crippen LogP contribution >= 0.6 is 0 Å². The number of H-pyrrole nitrogens is 1. The van der Waals surface area contributed by atoms with E-state index in [4.69, 9.17) is 25.0 Å². The monoisotopic (exact) mass is 409 g/mol. The molecule has 3 heterocycles. The third-order valence-corrected chi connectivity index (χ3v) is 4.91. The first-order valence-corrected chi connectivity index (χ1v) is 9.59. The maximum atomic E-state index is 9.18. The van der Waals surface area contributed by atoms with Gasteiger partial charge < -0.3 is 24.7 Å². The van der Waals surface area contributed by atoms with Gasteiger partial charge in [0.1, 0.15) is 19.0 Å². The molecule has 0 spiro atoms. The summed E-state index contributed by atoms with van der Waals surface area (Å²) >= 11 is 0. The number of allylic oxidation sites excluding steroid dienone is 1. The minimum absolute atomic E-state index is 0.0835. The van der Waals surface area contributed by atoms with Crippen molar-refractivity contribution in [2.75, 3.05) is 26.4 Å². The van der Waals surface area contributed by atoms with Crippen LogP contribution in [0.1, 0.15) is 22.5 Å². The van der Waals surface area contributed by atoms with E-state index in [2.05, 4.69) is 10.1 Å². The lowest BCUT2D eigenvalue weighted by molar-refractivity contribution is 0.180. The maximum Gasteiger partial charge on any atom is 0.260 e. The highest BCUT2D eigenvalue weighted by molar-refractivity contribution is 6.54. The quantitative estimate of drug-likeness (QED) is 0.475. The molecule has 9 heteroatoms. The van der Waals surface area contributed by atoms with Gasteiger partial charge in [0, 0.05) is 23.5 Å². The summed E-state index contributed by atoms with van der Waals surface area (Å²) in [5, 5.41) is 31.5. The summed E-state index contributed by atoms with van der Waals surface area (Å²) in [5.41, 5.74) is 5.14. The molecule has 0 aromatic carbocycles. The molecule has 0 aliphatic heterocycles. The van der Waals surface area contributed by atoms with Gasteiger partial charge in [-0.3, -0.25) is 5.41 Å². The minimum Gasteiger partial charge on any atom is -0.489 e. The highest BCUT2D eigenvalue weighted by atomic mass is 16.5. The van der Waals surface area contributed by atoms with Gasteiger partial charge in [-0.15, -0.1) is 5.10 Å². The molecule has 0 fully saturated rings. The molecule has 0 saturated heterocycles. The molecule has 3 aromatic rings. The fraction of sp³-hybridized carbons (Fsp3) is 0.286. The summed E-state index contributed by atoms with van der Waals surface area (Å²) < 4.78 is 13.0. The summed E-state index contributed by atoms with van der Waals surface area (Å²) in [5.74, 6) is 0.786. The molecule has 0 unspecified atom stereocenters. The normalized spacial score (nSPS) is 14.9. The number of pyridine rings is 1. The van der Waals surface area contributed by atoms with E-state index in [9.17, 15) is 5.11 Å². The molecule has 4 rings (SSSR count). The van der Waals surface area contributed by atoms with Crippen LogP contribution in [0.15, 0.2) is 35.5 Å². The van der Waals surface area contributed by atoms with Crippen molar-refractivity contribution in [1.29, 1.82) is 5.41 Å². The highest BCUT2D eigenvalue weighted by Gasteiger charge is 2.28. The number of fused-ring (bicyclic) bond motifs is 2. The Balaban J connectivity index is 1.87. The van der Waals surface area contributed by atoms with Crippen molar-refractivity contribution in [1.82, 2.24) is 14.6 Å². The average molecular weight is 409 g/mol. The second-order valence-electron chi connectivity index (χ2n) is 6.83. The van der Waals surface area contributed by atoms with Crippen LogP contribution < -0.4 is 4.74 Å². The molecule has 1 aliphatic rings. The number of aliphatic imine (C=N–C) groups is 1. The van der Waals surface area contributed by atoms with Crippen LogP contribution in [0.4, 0.5) is 5.69 Å². The van der Waals surface area contributed by atoms with E-state index >= 15 is 0 Å². The van der Waals surface area contributed by atoms with Crippen molar-refractivity contribution in [3.63, 3.8) is 0 Å². The standard InChI is InChI=1S/C21H23N5O4/c1-12-13(2)23-20-16(29-9-7-27)11-14(18(22)17(12)20)24-19-15-5-3-4-6-26(15)25-21(19)30-10-8-28/h3-6,11,22-23,27-28H,7-10H2,1-2H3. The first-order chi connectivity index (χ1) is 14.5. The van der Waals surface area contributed by atoms with Crippen molar-refractivity contribution < 1.29 is 19.7 Å². The van der Waals surface area contributed by atoms with Gasteiger partial charge >= 0.3 is 0 Å². The van der Waals surface area contributed by atoms with Crippen LogP contribution in [0.2, 0.25) is 0 Å². The van der Waals surface area contributed by atoms with Crippen LogP contribution in [0.25, 0.3) is 11.3 Å². The molecule has 0 radical (unpaired) electrons. The molecular weight excluding hydrogens is 386 g/mol. The molecule has 3 aromatic heterocycles. The maximum absolute atomic E-state index is 9.18. The van der Waals surface area contributed by atoms with Crippen LogP contribution in [0, 0.1) is 19.3 Å². The molecule has 0 atom stereocenters. The number of nitrogens with zero attached hydrogens (tertiary/aromatic N) is 3. The number of aryl methyl sites for hydroxylation is 1. The van der Waals surface area contributed by atoms with E-state index in [0.717, 1.165) is 16.8 Å². The Bertz CT molecular complexity index is 1170. The van der Waals surface area contributed by atoms with Crippen molar-refractivity contribution >= 4 is 28.4 Å². The Morgan fingerprint density at radius 2 is 1.93 bits per heavy atom. The second kappa shape index (κ2) is 8.13. The number of aromatic amines is 1. The van der Waals surface area contributed by atoms with Crippen LogP contribution in [0.5, 0.6) is 5.88 Å². The zero-order chi connectivity index (χ0) is 21.3. The molecule has 156 valence electrons. The topological polar surface area (TPSA) is 128 Å². The zero-order valence-electron chi connectivity index (χ0n) is 16.8. The Morgan fingerprint density at radius 1 is 1.17 bits per heavy atom. The van der Waals surface area contributed by atoms with Crippen LogP contribution in [0.3, 0.4) is 0 Å². The Kier molecular flexibility index (Phi) is 5.39. The number of aromatic nitrogens is 3. The molecule has 0 amide bonds. The van der Waals surface area contributed by atoms with Gasteiger partial charge in [0.2, 0.25) is 0 Å². The molecule has 0 bridgehead atoms. The number of aliphatic hydroxyl groups is 2. The van der Waals surface area contributed by atoms with E-state index in [1.54, 1.807) is 16.8 Å². The van der Waals surface area contributed by atoms with Crippen molar-refractivity contribution in [3.05, 3.63) is 53.0 Å². The van der Waals surface area contributed by atoms with Gasteiger partial charge in [-0.25, -0.2) is 9.51 Å². The predicted molar refractivity (Wildman–Crippen MR) is 113 cm³/mol. The van der Waals surface area contributed by atoms with Crippen LogP contribution in [-0.4, -0.2) is 62.7 Å². The summed E-state index contributed by atoms with van der Waals surface area (Å²) in [6, 6.07) is 5.56. The fourth-order valence-electron chi connectivity index (χ4n) is 3.40. The average Bonchev–Trinajstić information content (AvgIpc) is 3.25. The summed E-state index contributed by atoms with van der Waals surface area (Å²) in [6.07, 6.45) is 3.46. The third-order valence-electron chi connectivity index (χ3n) is 4.91. The van der Waals surface area contributed by atoms with Gasteiger partial charge in [-0.05, 0) is 31.5 Å². The van der Waals surface area contributed by atoms with Crippen molar-refractivity contribution in [2.24, 2.45) is 4.99 Å². The predicted octanol–water partition coefficient (Wildman–Crippen LogP) is 2.15. The second-order valence-corrected chi connectivity index (χ2v) is 6.83. The number of aliphatic hydroxyl groups excluding tert-OH is 2. The highest BCUT2D eigenvalue weighted by Crippen LogP contribution is 2.35. The Labute approximate surface area is 172 Å². The number of nitrogens with one attached hydrogen (secondary N) is 2. The van der Waals surface area contributed by atoms with E-state index in [-0.39, 0.29) is 38.0 Å².